The number of fused-ring (bicyclic) bond motifs is 13. The van der Waals surface area contributed by atoms with Crippen molar-refractivity contribution in [1.29, 1.82) is 0 Å². The molecular weight excluding hydrogens is 724 g/mol. The molecule has 2 N–H and O–H groups in total. The number of rotatable bonds is 2. The number of anilines is 1. The molecule has 2 unspecified atom stereocenters. The van der Waals surface area contributed by atoms with Crippen LogP contribution in [0.4, 0.5) is 15.8 Å². The van der Waals surface area contributed by atoms with E-state index in [4.69, 9.17) is 4.98 Å². The number of carbonyl (C=O) groups excluding carboxylic acids is 3. The lowest BCUT2D eigenvalue weighted by Crippen LogP contribution is -2.51. The molecule has 5 aromatic carbocycles. The summed E-state index contributed by atoms with van der Waals surface area (Å²) < 4.78 is 15.3. The number of carbonyl (C=O) groups is 3. The van der Waals surface area contributed by atoms with Crippen molar-refractivity contribution in [2.24, 2.45) is 16.8 Å². The summed E-state index contributed by atoms with van der Waals surface area (Å²) in [5.41, 5.74) is 4.00. The Balaban J connectivity index is 0.000000158. The first kappa shape index (κ1) is 33.3. The average Bonchev–Trinajstić information content (AvgIpc) is 4.06. The number of aromatic nitrogens is 3. The summed E-state index contributed by atoms with van der Waals surface area (Å²) in [5.74, 6) is -2.04. The van der Waals surface area contributed by atoms with Gasteiger partial charge in [0.05, 0.1) is 45.4 Å². The molecule has 3 saturated heterocycles. The summed E-state index contributed by atoms with van der Waals surface area (Å²) in [6.07, 6.45) is 1.66. The highest BCUT2D eigenvalue weighted by molar-refractivity contribution is 6.56. The lowest BCUT2D eigenvalue weighted by atomic mass is 9.75. The number of amides is 2. The fourth-order valence-corrected chi connectivity index (χ4v) is 10.1. The van der Waals surface area contributed by atoms with Crippen LogP contribution in [0.15, 0.2) is 131 Å². The van der Waals surface area contributed by atoms with Gasteiger partial charge >= 0.3 is 0 Å². The summed E-state index contributed by atoms with van der Waals surface area (Å²) in [5, 5.41) is 11.4. The van der Waals surface area contributed by atoms with Crippen molar-refractivity contribution in [3.05, 3.63) is 160 Å². The Morgan fingerprint density at radius 1 is 0.789 bits per heavy atom. The molecular formula is C45H31FN6O5. The van der Waals surface area contributed by atoms with Gasteiger partial charge in [-0.05, 0) is 80.1 Å². The van der Waals surface area contributed by atoms with Gasteiger partial charge in [-0.25, -0.2) is 19.3 Å². The number of aromatic amines is 1. The van der Waals surface area contributed by atoms with Gasteiger partial charge in [0, 0.05) is 28.1 Å². The molecule has 0 bridgehead atoms. The van der Waals surface area contributed by atoms with E-state index in [0.29, 0.717) is 57.2 Å². The van der Waals surface area contributed by atoms with Gasteiger partial charge in [0.2, 0.25) is 17.6 Å². The quantitative estimate of drug-likeness (QED) is 0.191. The van der Waals surface area contributed by atoms with Gasteiger partial charge in [0.1, 0.15) is 22.9 Å². The van der Waals surface area contributed by atoms with Crippen LogP contribution in [-0.4, -0.2) is 60.4 Å². The van der Waals surface area contributed by atoms with Gasteiger partial charge in [-0.3, -0.25) is 28.6 Å². The van der Waals surface area contributed by atoms with E-state index >= 15 is 0 Å². The molecule has 278 valence electrons. The highest BCUT2D eigenvalue weighted by atomic mass is 19.1. The minimum atomic E-state index is -1.05. The van der Waals surface area contributed by atoms with Crippen LogP contribution in [0.5, 0.6) is 5.88 Å². The predicted molar refractivity (Wildman–Crippen MR) is 211 cm³/mol. The van der Waals surface area contributed by atoms with Crippen LogP contribution in [0.25, 0.3) is 27.5 Å². The molecule has 7 aromatic rings. The number of H-pyrrole nitrogens is 1. The highest BCUT2D eigenvalue weighted by Gasteiger charge is 2.73. The minimum absolute atomic E-state index is 0.0221. The predicted octanol–water partition coefficient (Wildman–Crippen LogP) is 6.56. The largest absolute Gasteiger partial charge is 0.494 e. The van der Waals surface area contributed by atoms with E-state index in [1.54, 1.807) is 22.8 Å². The van der Waals surface area contributed by atoms with Crippen LogP contribution >= 0.6 is 0 Å². The van der Waals surface area contributed by atoms with Gasteiger partial charge in [-0.15, -0.1) is 0 Å². The maximum absolute atomic E-state index is 14.3. The van der Waals surface area contributed by atoms with Gasteiger partial charge in [0.25, 0.3) is 5.56 Å². The van der Waals surface area contributed by atoms with Gasteiger partial charge in [0.15, 0.2) is 5.88 Å². The number of imide groups is 1. The minimum Gasteiger partial charge on any atom is -0.494 e. The second kappa shape index (κ2) is 12.0. The van der Waals surface area contributed by atoms with Crippen LogP contribution in [-0.2, 0) is 15.1 Å². The smallest absolute Gasteiger partial charge is 0.266 e. The van der Waals surface area contributed by atoms with E-state index in [2.05, 4.69) is 14.9 Å². The second-order valence-electron chi connectivity index (χ2n) is 15.0. The zero-order valence-corrected chi connectivity index (χ0v) is 30.1. The molecule has 0 radical (unpaired) electrons. The van der Waals surface area contributed by atoms with Crippen molar-refractivity contribution in [3.63, 3.8) is 0 Å². The maximum Gasteiger partial charge on any atom is 0.266 e. The van der Waals surface area contributed by atoms with E-state index < -0.39 is 23.2 Å². The Morgan fingerprint density at radius 3 is 2.33 bits per heavy atom. The monoisotopic (exact) mass is 754 g/mol. The van der Waals surface area contributed by atoms with E-state index in [1.165, 1.54) is 29.2 Å². The van der Waals surface area contributed by atoms with Crippen molar-refractivity contribution in [2.45, 2.75) is 24.4 Å². The third-order valence-corrected chi connectivity index (χ3v) is 12.2. The number of aliphatic imine (C=N–C) groups is 1. The van der Waals surface area contributed by atoms with E-state index in [1.807, 2.05) is 78.9 Å². The number of para-hydroxylation sites is 4. The molecule has 2 aromatic heterocycles. The molecule has 12 heteroatoms. The number of nitrogens with one attached hydrogen (secondary N) is 1. The zero-order valence-electron chi connectivity index (χ0n) is 30.1. The number of hydrogen-bond acceptors (Lipinski definition) is 8. The first-order valence-electron chi connectivity index (χ1n) is 18.8. The molecule has 0 saturated carbocycles. The summed E-state index contributed by atoms with van der Waals surface area (Å²) in [4.78, 5) is 70.4. The van der Waals surface area contributed by atoms with Crippen molar-refractivity contribution < 1.29 is 23.9 Å². The highest BCUT2D eigenvalue weighted by Crippen LogP contribution is 2.62. The van der Waals surface area contributed by atoms with Crippen molar-refractivity contribution in [1.82, 2.24) is 19.4 Å². The maximum atomic E-state index is 14.3. The molecule has 2 amide bonds. The van der Waals surface area contributed by atoms with E-state index in [-0.39, 0.29) is 35.1 Å². The SMILES string of the molecule is O=C1C(c2c(O)[nH]c3ccccc23)=Nc2ccccc21.O=C1[C@H]2C3CCCN3C3(c4ccccc4-n4c3nc3ccccc3c4=O)[C@H]2C(=O)N1c1ccc(F)cc1. The molecule has 11 nitrogen and oxygen atoms in total. The summed E-state index contributed by atoms with van der Waals surface area (Å²) in [6, 6.07) is 34.8. The van der Waals surface area contributed by atoms with Crippen LogP contribution < -0.4 is 10.5 Å². The Bertz CT molecular complexity index is 3010. The third-order valence-electron chi connectivity index (χ3n) is 12.2. The fourth-order valence-electron chi connectivity index (χ4n) is 10.1. The van der Waals surface area contributed by atoms with Crippen LogP contribution in [0.2, 0.25) is 0 Å². The summed E-state index contributed by atoms with van der Waals surface area (Å²) >= 11 is 0. The van der Waals surface area contributed by atoms with Crippen molar-refractivity contribution in [3.8, 4) is 11.6 Å². The lowest BCUT2D eigenvalue weighted by Gasteiger charge is -2.38. The summed E-state index contributed by atoms with van der Waals surface area (Å²) in [7, 11) is 0. The number of nitrogens with zero attached hydrogens (tertiary/aromatic N) is 5. The number of ketones is 1. The topological polar surface area (TPSA) is 141 Å². The Morgan fingerprint density at radius 2 is 1.51 bits per heavy atom. The lowest BCUT2D eigenvalue weighted by molar-refractivity contribution is -0.124. The molecule has 0 aliphatic carbocycles. The van der Waals surface area contributed by atoms with Crippen LogP contribution in [0.3, 0.4) is 0 Å². The Hall–Kier alpha value is -7.05. The van der Waals surface area contributed by atoms with Gasteiger partial charge in [-0.2, -0.15) is 0 Å². The zero-order chi connectivity index (χ0) is 38.7. The summed E-state index contributed by atoms with van der Waals surface area (Å²) in [6.45, 7) is 0.700. The first-order chi connectivity index (χ1) is 27.8. The first-order valence-corrected chi connectivity index (χ1v) is 18.8. The number of benzene rings is 5. The van der Waals surface area contributed by atoms with Gasteiger partial charge < -0.3 is 10.1 Å². The molecule has 4 atom stereocenters. The van der Waals surface area contributed by atoms with Crippen LogP contribution in [0, 0.1) is 17.7 Å². The normalized spacial score (nSPS) is 22.8. The molecule has 5 aliphatic heterocycles. The van der Waals surface area contributed by atoms with Crippen LogP contribution in [0.1, 0.15) is 40.2 Å². The molecule has 7 heterocycles. The number of Topliss-reactive ketones (excluding diaryl/α,β-unsaturated/α-hetero) is 1. The second-order valence-corrected chi connectivity index (χ2v) is 15.0. The Kier molecular flexibility index (Phi) is 7.00. The van der Waals surface area contributed by atoms with Crippen molar-refractivity contribution in [2.75, 3.05) is 11.4 Å². The molecule has 3 fully saturated rings. The molecule has 57 heavy (non-hydrogen) atoms. The standard InChI is InChI=1S/C29H21FN4O3.C16H10N2O2/c30-16-11-13-17(14-12-16)33-26(36)23-22-10-5-15-32(22)29(24(23)27(33)37)19-7-2-4-9-21(19)34-25(35)18-6-1-3-8-20(18)31-28(29)34;19-15-10-6-2-4-8-12(10)17-14(15)13-9-5-1-3-7-11(9)18-16(13)20/h1-4,6-9,11-14,22-24H,5,10,15H2;1-8,18,20H/t22?,23-,24+,29?;/m0./s1. The van der Waals surface area contributed by atoms with Crippen molar-refractivity contribution >= 4 is 56.5 Å². The van der Waals surface area contributed by atoms with Gasteiger partial charge in [-0.1, -0.05) is 60.7 Å². The average molecular weight is 755 g/mol. The fraction of sp³-hybridized carbons (Fsp3) is 0.156. The number of aromatic hydroxyl groups is 1. The number of hydrogen-bond donors (Lipinski definition) is 2. The molecule has 12 rings (SSSR count). The van der Waals surface area contributed by atoms with E-state index in [0.717, 1.165) is 29.3 Å². The molecule has 1 spiro atoms. The molecule has 5 aliphatic rings. The Labute approximate surface area is 323 Å². The third kappa shape index (κ3) is 4.38. The van der Waals surface area contributed by atoms with E-state index in [9.17, 15) is 28.7 Å². The number of halogens is 1.